The smallest absolute Gasteiger partial charge is 0.261 e. The molecule has 0 amide bonds. The Balaban J connectivity index is 1.97. The molecule has 3 rings (SSSR count). The zero-order valence-corrected chi connectivity index (χ0v) is 11.9. The van der Waals surface area contributed by atoms with Gasteiger partial charge in [-0.15, -0.1) is 0 Å². The van der Waals surface area contributed by atoms with Crippen LogP contribution >= 0.6 is 0 Å². The summed E-state index contributed by atoms with van der Waals surface area (Å²) in [6, 6.07) is 13.9. The molecule has 0 aliphatic carbocycles. The summed E-state index contributed by atoms with van der Waals surface area (Å²) in [7, 11) is 0. The number of Topliss-reactive ketones (excluding diaryl/α,β-unsaturated/α-hetero) is 2. The maximum absolute atomic E-state index is 12.2. The number of carbonyl (C=O) groups excluding carboxylic acids is 3. The summed E-state index contributed by atoms with van der Waals surface area (Å²) < 4.78 is 5.10. The van der Waals surface area contributed by atoms with Crippen molar-refractivity contribution in [1.82, 2.24) is 0 Å². The van der Waals surface area contributed by atoms with E-state index in [1.165, 1.54) is 12.3 Å². The Hall–Kier alpha value is -3.45. The van der Waals surface area contributed by atoms with Crippen LogP contribution in [-0.2, 0) is 4.79 Å². The highest BCUT2D eigenvalue weighted by molar-refractivity contribution is 6.35. The van der Waals surface area contributed by atoms with Crippen LogP contribution in [-0.4, -0.2) is 17.9 Å². The van der Waals surface area contributed by atoms with Crippen LogP contribution in [0.25, 0.3) is 10.8 Å². The fraction of sp³-hybridized carbons (Fsp3) is 0. The topological polar surface area (TPSA) is 64.3 Å². The third-order valence-corrected chi connectivity index (χ3v) is 3.29. The highest BCUT2D eigenvalue weighted by Gasteiger charge is 2.15. The molecule has 0 radical (unpaired) electrons. The third kappa shape index (κ3) is 2.94. The highest BCUT2D eigenvalue weighted by Crippen LogP contribution is 2.23. The van der Waals surface area contributed by atoms with Gasteiger partial charge in [-0.2, -0.15) is 0 Å². The molecule has 0 aliphatic rings. The minimum Gasteiger partial charge on any atom is -0.459 e. The molecule has 1 heterocycles. The molecule has 1 aromatic heterocycles. The zero-order valence-electron chi connectivity index (χ0n) is 11.9. The monoisotopic (exact) mass is 302 g/mol. The molecule has 110 valence electrons. The summed E-state index contributed by atoms with van der Waals surface area (Å²) in [5.41, 5.74) is 1.07. The van der Waals surface area contributed by atoms with E-state index in [9.17, 15) is 14.4 Å². The zero-order chi connectivity index (χ0) is 16.2. The fourth-order valence-electron chi connectivity index (χ4n) is 2.15. The first-order valence-corrected chi connectivity index (χ1v) is 6.81. The van der Waals surface area contributed by atoms with Gasteiger partial charge in [-0.25, -0.2) is 0 Å². The van der Waals surface area contributed by atoms with Crippen molar-refractivity contribution in [3.63, 3.8) is 0 Å². The Morgan fingerprint density at radius 2 is 1.83 bits per heavy atom. The number of aldehydes is 1. The first-order valence-electron chi connectivity index (χ1n) is 6.81. The highest BCUT2D eigenvalue weighted by atomic mass is 16.3. The third-order valence-electron chi connectivity index (χ3n) is 3.29. The fourth-order valence-corrected chi connectivity index (χ4v) is 2.15. The Labute approximate surface area is 131 Å². The van der Waals surface area contributed by atoms with Crippen molar-refractivity contribution < 1.29 is 18.8 Å². The number of furan rings is 1. The second-order valence-corrected chi connectivity index (χ2v) is 4.79. The van der Waals surface area contributed by atoms with Crippen LogP contribution in [0.5, 0.6) is 0 Å². The molecule has 0 spiro atoms. The molecule has 0 bridgehead atoms. The molecule has 0 unspecified atom stereocenters. The van der Waals surface area contributed by atoms with E-state index in [2.05, 4.69) is 11.8 Å². The lowest BCUT2D eigenvalue weighted by Crippen LogP contribution is -1.99. The van der Waals surface area contributed by atoms with Crippen molar-refractivity contribution in [2.45, 2.75) is 0 Å². The summed E-state index contributed by atoms with van der Waals surface area (Å²) in [5, 5.41) is 1.07. The van der Waals surface area contributed by atoms with E-state index >= 15 is 0 Å². The molecule has 0 saturated heterocycles. The molecule has 3 aromatic rings. The molecule has 0 N–H and O–H groups in total. The largest absolute Gasteiger partial charge is 0.459 e. The number of hydrogen-bond donors (Lipinski definition) is 0. The molecule has 4 heteroatoms. The van der Waals surface area contributed by atoms with E-state index in [0.29, 0.717) is 16.3 Å². The van der Waals surface area contributed by atoms with Gasteiger partial charge in [0.2, 0.25) is 5.78 Å². The number of fused-ring (bicyclic) bond motifs is 1. The SMILES string of the molecule is O=CC(=O)c1occ2ccc(C(=O)C#Cc3ccccc3)cc12. The van der Waals surface area contributed by atoms with E-state index in [-0.39, 0.29) is 17.8 Å². The van der Waals surface area contributed by atoms with Crippen LogP contribution in [0.2, 0.25) is 0 Å². The lowest BCUT2D eigenvalue weighted by Gasteiger charge is -1.96. The molecular weight excluding hydrogens is 292 g/mol. The average molecular weight is 302 g/mol. The number of ketones is 2. The Bertz CT molecular complexity index is 969. The Morgan fingerprint density at radius 3 is 2.57 bits per heavy atom. The minimum absolute atomic E-state index is 0.0688. The molecule has 0 aliphatic heterocycles. The van der Waals surface area contributed by atoms with Crippen molar-refractivity contribution in [3.05, 3.63) is 71.7 Å². The Morgan fingerprint density at radius 1 is 1.04 bits per heavy atom. The Kier molecular flexibility index (Phi) is 3.86. The van der Waals surface area contributed by atoms with Gasteiger partial charge in [0.15, 0.2) is 12.0 Å². The summed E-state index contributed by atoms with van der Waals surface area (Å²) in [6.45, 7) is 0. The second-order valence-electron chi connectivity index (χ2n) is 4.79. The molecule has 23 heavy (non-hydrogen) atoms. The van der Waals surface area contributed by atoms with Crippen LogP contribution < -0.4 is 0 Å². The normalized spacial score (nSPS) is 9.91. The first kappa shape index (κ1) is 14.5. The summed E-state index contributed by atoms with van der Waals surface area (Å²) in [5.74, 6) is 4.14. The van der Waals surface area contributed by atoms with Crippen LogP contribution in [0.3, 0.4) is 0 Å². The number of rotatable bonds is 3. The maximum Gasteiger partial charge on any atom is 0.261 e. The lowest BCUT2D eigenvalue weighted by atomic mass is 10.0. The van der Waals surface area contributed by atoms with E-state index < -0.39 is 5.78 Å². The van der Waals surface area contributed by atoms with Gasteiger partial charge in [0, 0.05) is 21.9 Å². The van der Waals surface area contributed by atoms with Gasteiger partial charge in [-0.3, -0.25) is 14.4 Å². The van der Waals surface area contributed by atoms with Gasteiger partial charge in [0.05, 0.1) is 6.26 Å². The molecule has 0 saturated carbocycles. The van der Waals surface area contributed by atoms with Gasteiger partial charge >= 0.3 is 0 Å². The van der Waals surface area contributed by atoms with E-state index in [1.54, 1.807) is 24.3 Å². The molecule has 0 fully saturated rings. The summed E-state index contributed by atoms with van der Waals surface area (Å²) >= 11 is 0. The van der Waals surface area contributed by atoms with Gasteiger partial charge in [0.25, 0.3) is 5.78 Å². The van der Waals surface area contributed by atoms with Gasteiger partial charge in [-0.05, 0) is 30.2 Å². The van der Waals surface area contributed by atoms with Crippen LogP contribution in [0, 0.1) is 11.8 Å². The van der Waals surface area contributed by atoms with Crippen LogP contribution in [0.15, 0.2) is 59.2 Å². The van der Waals surface area contributed by atoms with Crippen LogP contribution in [0.4, 0.5) is 0 Å². The molecule has 2 aromatic carbocycles. The average Bonchev–Trinajstić information content (AvgIpc) is 3.03. The number of hydrogen-bond acceptors (Lipinski definition) is 4. The van der Waals surface area contributed by atoms with E-state index in [0.717, 1.165) is 5.56 Å². The predicted molar refractivity (Wildman–Crippen MR) is 84.3 cm³/mol. The van der Waals surface area contributed by atoms with Crippen LogP contribution in [0.1, 0.15) is 26.5 Å². The standard InChI is InChI=1S/C19H10O4/c20-11-18(22)19-16-10-14(7-8-15(16)12-23-19)17(21)9-6-13-4-2-1-3-5-13/h1-5,7-8,10-12H. The summed E-state index contributed by atoms with van der Waals surface area (Å²) in [4.78, 5) is 34.3. The van der Waals surface area contributed by atoms with E-state index in [1.807, 2.05) is 18.2 Å². The molecule has 0 atom stereocenters. The molecular formula is C19H10O4. The first-order chi connectivity index (χ1) is 11.2. The van der Waals surface area contributed by atoms with Gasteiger partial charge in [-0.1, -0.05) is 30.2 Å². The van der Waals surface area contributed by atoms with Crippen molar-refractivity contribution in [2.24, 2.45) is 0 Å². The quantitative estimate of drug-likeness (QED) is 0.323. The second kappa shape index (κ2) is 6.12. The number of carbonyl (C=O) groups is 3. The number of benzene rings is 2. The molecule has 4 nitrogen and oxygen atoms in total. The van der Waals surface area contributed by atoms with Crippen molar-refractivity contribution in [1.29, 1.82) is 0 Å². The summed E-state index contributed by atoms with van der Waals surface area (Å²) in [6.07, 6.45) is 1.55. The maximum atomic E-state index is 12.2. The lowest BCUT2D eigenvalue weighted by molar-refractivity contribution is -0.104. The van der Waals surface area contributed by atoms with Crippen molar-refractivity contribution >= 4 is 28.6 Å². The predicted octanol–water partition coefficient (Wildman–Crippen LogP) is 3.05. The van der Waals surface area contributed by atoms with Gasteiger partial charge in [0.1, 0.15) is 0 Å². The van der Waals surface area contributed by atoms with Crippen molar-refractivity contribution in [2.75, 3.05) is 0 Å². The van der Waals surface area contributed by atoms with Crippen molar-refractivity contribution in [3.8, 4) is 11.8 Å². The van der Waals surface area contributed by atoms with Gasteiger partial charge < -0.3 is 4.42 Å². The minimum atomic E-state index is -0.764. The van der Waals surface area contributed by atoms with E-state index in [4.69, 9.17) is 4.42 Å².